The highest BCUT2D eigenvalue weighted by Crippen LogP contribution is 2.41. The van der Waals surface area contributed by atoms with Crippen molar-refractivity contribution in [3.8, 4) is 17.2 Å². The Hall–Kier alpha value is -5.45. The minimum Gasteiger partial charge on any atom is -0.493 e. The van der Waals surface area contributed by atoms with Crippen LogP contribution in [0.5, 0.6) is 17.2 Å². The number of fused-ring (bicyclic) bond motifs is 1. The first-order chi connectivity index (χ1) is 20.9. The van der Waals surface area contributed by atoms with Crippen molar-refractivity contribution in [1.82, 2.24) is 20.3 Å². The Morgan fingerprint density at radius 3 is 2.19 bits per heavy atom. The van der Waals surface area contributed by atoms with Gasteiger partial charge in [0.2, 0.25) is 17.6 Å². The molecule has 1 N–H and O–H groups in total. The van der Waals surface area contributed by atoms with Gasteiger partial charge in [-0.1, -0.05) is 47.7 Å². The molecule has 0 aliphatic carbocycles. The molecule has 1 atom stereocenters. The molecule has 1 aromatic heterocycles. The van der Waals surface area contributed by atoms with Crippen LogP contribution < -0.4 is 24.4 Å². The Kier molecular flexibility index (Phi) is 8.80. The minimum atomic E-state index is -1.23. The molecule has 220 valence electrons. The van der Waals surface area contributed by atoms with E-state index in [-0.39, 0.29) is 13.1 Å². The quantitative estimate of drug-likeness (QED) is 0.240. The number of para-hydroxylation sites is 1. The van der Waals surface area contributed by atoms with Crippen LogP contribution in [0.2, 0.25) is 0 Å². The fourth-order valence-electron chi connectivity index (χ4n) is 4.84. The van der Waals surface area contributed by atoms with Gasteiger partial charge in [-0.2, -0.15) is 0 Å². The highest BCUT2D eigenvalue weighted by Gasteiger charge is 2.35. The first kappa shape index (κ1) is 29.1. The number of halogens is 1. The number of anilines is 1. The topological polar surface area (TPSA) is 108 Å². The lowest BCUT2D eigenvalue weighted by molar-refractivity contribution is -0.127. The van der Waals surface area contributed by atoms with Crippen molar-refractivity contribution in [2.24, 2.45) is 0 Å². The molecule has 0 unspecified atom stereocenters. The summed E-state index contributed by atoms with van der Waals surface area (Å²) in [6.45, 7) is -0.0372. The summed E-state index contributed by atoms with van der Waals surface area (Å²) in [7, 11) is 4.40. The van der Waals surface area contributed by atoms with Crippen LogP contribution in [0.15, 0.2) is 91.0 Å². The second kappa shape index (κ2) is 13.0. The fraction of sp³-hybridized carbons (Fsp3) is 0.188. The highest BCUT2D eigenvalue weighted by molar-refractivity contribution is 6.01. The standard InChI is InChI=1S/C32H30FN5O5/c1-41-27-17-22(18-28(42-2)31(27)43-3)30(32(40)34-19-21-9-5-4-6-10-21)38(24-15-13-23(33)14-16-24)29(39)20-37-26-12-8-7-11-25(26)35-36-37/h4-18,30H,19-20H2,1-3H3,(H,34,40)/t30-/m1/s1. The molecule has 0 fully saturated rings. The van der Waals surface area contributed by atoms with E-state index in [0.29, 0.717) is 39.5 Å². The monoisotopic (exact) mass is 583 g/mol. The normalized spacial score (nSPS) is 11.5. The summed E-state index contributed by atoms with van der Waals surface area (Å²) < 4.78 is 32.1. The number of hydrogen-bond donors (Lipinski definition) is 1. The average Bonchev–Trinajstić information content (AvgIpc) is 3.45. The first-order valence-electron chi connectivity index (χ1n) is 13.4. The molecule has 0 saturated carbocycles. The molecular weight excluding hydrogens is 553 g/mol. The molecule has 4 aromatic carbocycles. The van der Waals surface area contributed by atoms with E-state index < -0.39 is 23.7 Å². The van der Waals surface area contributed by atoms with Crippen molar-refractivity contribution >= 4 is 28.5 Å². The number of aromatic nitrogens is 3. The lowest BCUT2D eigenvalue weighted by Gasteiger charge is -2.32. The SMILES string of the molecule is COc1cc([C@H](C(=O)NCc2ccccc2)N(C(=O)Cn2nnc3ccccc32)c2ccc(F)cc2)cc(OC)c1OC. The molecule has 10 nitrogen and oxygen atoms in total. The largest absolute Gasteiger partial charge is 0.493 e. The Bertz CT molecular complexity index is 1700. The maximum Gasteiger partial charge on any atom is 0.249 e. The van der Waals surface area contributed by atoms with Crippen molar-refractivity contribution in [3.63, 3.8) is 0 Å². The van der Waals surface area contributed by atoms with E-state index in [1.807, 2.05) is 42.5 Å². The van der Waals surface area contributed by atoms with Crippen LogP contribution in [-0.2, 0) is 22.7 Å². The van der Waals surface area contributed by atoms with Crippen molar-refractivity contribution in [2.75, 3.05) is 26.2 Å². The molecule has 0 bridgehead atoms. The van der Waals surface area contributed by atoms with Gasteiger partial charge in [-0.15, -0.1) is 5.10 Å². The summed E-state index contributed by atoms with van der Waals surface area (Å²) in [6.07, 6.45) is 0. The fourth-order valence-corrected chi connectivity index (χ4v) is 4.84. The van der Waals surface area contributed by atoms with E-state index in [2.05, 4.69) is 15.6 Å². The van der Waals surface area contributed by atoms with Crippen molar-refractivity contribution in [3.05, 3.63) is 108 Å². The van der Waals surface area contributed by atoms with Crippen LogP contribution in [0, 0.1) is 5.82 Å². The molecule has 0 spiro atoms. The predicted molar refractivity (Wildman–Crippen MR) is 159 cm³/mol. The molecule has 5 rings (SSSR count). The van der Waals surface area contributed by atoms with Crippen LogP contribution in [0.25, 0.3) is 11.0 Å². The van der Waals surface area contributed by atoms with Gasteiger partial charge in [0.05, 0.1) is 26.8 Å². The van der Waals surface area contributed by atoms with Gasteiger partial charge in [0, 0.05) is 12.2 Å². The first-order valence-corrected chi connectivity index (χ1v) is 13.4. The number of methoxy groups -OCH3 is 3. The Morgan fingerprint density at radius 1 is 0.884 bits per heavy atom. The highest BCUT2D eigenvalue weighted by atomic mass is 19.1. The zero-order chi connectivity index (χ0) is 30.3. The number of carbonyl (C=O) groups excluding carboxylic acids is 2. The molecule has 43 heavy (non-hydrogen) atoms. The number of nitrogens with one attached hydrogen (secondary N) is 1. The number of carbonyl (C=O) groups is 2. The van der Waals surface area contributed by atoms with Crippen LogP contribution in [-0.4, -0.2) is 48.1 Å². The number of rotatable bonds is 11. The molecule has 2 amide bonds. The van der Waals surface area contributed by atoms with Crippen LogP contribution in [0.1, 0.15) is 17.2 Å². The smallest absolute Gasteiger partial charge is 0.249 e. The second-order valence-electron chi connectivity index (χ2n) is 9.54. The Morgan fingerprint density at radius 2 is 1.53 bits per heavy atom. The third kappa shape index (κ3) is 6.25. The van der Waals surface area contributed by atoms with E-state index in [0.717, 1.165) is 5.56 Å². The molecule has 0 aliphatic heterocycles. The van der Waals surface area contributed by atoms with Crippen molar-refractivity contribution in [1.29, 1.82) is 0 Å². The van der Waals surface area contributed by atoms with E-state index in [9.17, 15) is 14.0 Å². The van der Waals surface area contributed by atoms with Crippen molar-refractivity contribution in [2.45, 2.75) is 19.1 Å². The van der Waals surface area contributed by atoms with Gasteiger partial charge in [0.25, 0.3) is 0 Å². The number of amides is 2. The third-order valence-electron chi connectivity index (χ3n) is 6.90. The number of ether oxygens (including phenoxy) is 3. The number of nitrogens with zero attached hydrogens (tertiary/aromatic N) is 4. The van der Waals surface area contributed by atoms with Crippen molar-refractivity contribution < 1.29 is 28.2 Å². The Labute approximate surface area is 247 Å². The lowest BCUT2D eigenvalue weighted by Crippen LogP contribution is -2.45. The van der Waals surface area contributed by atoms with E-state index in [1.165, 1.54) is 55.2 Å². The molecule has 11 heteroatoms. The summed E-state index contributed by atoms with van der Waals surface area (Å²) in [5, 5.41) is 11.3. The van der Waals surface area contributed by atoms with E-state index in [4.69, 9.17) is 14.2 Å². The molecular formula is C32H30FN5O5. The summed E-state index contributed by atoms with van der Waals surface area (Å²) in [5.41, 5.74) is 2.80. The van der Waals surface area contributed by atoms with Gasteiger partial charge < -0.3 is 19.5 Å². The van der Waals surface area contributed by atoms with Gasteiger partial charge in [-0.3, -0.25) is 14.5 Å². The third-order valence-corrected chi connectivity index (χ3v) is 6.90. The number of hydrogen-bond acceptors (Lipinski definition) is 7. The zero-order valence-electron chi connectivity index (χ0n) is 23.9. The van der Waals surface area contributed by atoms with Gasteiger partial charge in [0.15, 0.2) is 11.5 Å². The second-order valence-corrected chi connectivity index (χ2v) is 9.54. The maximum absolute atomic E-state index is 14.2. The average molecular weight is 584 g/mol. The van der Waals surface area contributed by atoms with E-state index >= 15 is 0 Å². The van der Waals surface area contributed by atoms with E-state index in [1.54, 1.807) is 24.3 Å². The minimum absolute atomic E-state index is 0.208. The van der Waals surface area contributed by atoms with Crippen LogP contribution in [0.4, 0.5) is 10.1 Å². The van der Waals surface area contributed by atoms with Gasteiger partial charge in [0.1, 0.15) is 23.9 Å². The number of benzene rings is 4. The molecule has 0 saturated heterocycles. The summed E-state index contributed by atoms with van der Waals surface area (Å²) in [4.78, 5) is 29.7. The zero-order valence-corrected chi connectivity index (χ0v) is 23.9. The van der Waals surface area contributed by atoms with Crippen LogP contribution >= 0.6 is 0 Å². The van der Waals surface area contributed by atoms with Gasteiger partial charge in [-0.25, -0.2) is 9.07 Å². The lowest BCUT2D eigenvalue weighted by atomic mass is 10.0. The van der Waals surface area contributed by atoms with Gasteiger partial charge >= 0.3 is 0 Å². The molecule has 0 radical (unpaired) electrons. The summed E-state index contributed by atoms with van der Waals surface area (Å²) in [5.74, 6) is -0.546. The predicted octanol–water partition coefficient (Wildman–Crippen LogP) is 4.69. The maximum atomic E-state index is 14.2. The van der Waals surface area contributed by atoms with Gasteiger partial charge in [-0.05, 0) is 59.7 Å². The summed E-state index contributed by atoms with van der Waals surface area (Å²) >= 11 is 0. The molecule has 1 heterocycles. The van der Waals surface area contributed by atoms with Crippen LogP contribution in [0.3, 0.4) is 0 Å². The molecule has 5 aromatic rings. The Balaban J connectivity index is 1.63. The molecule has 0 aliphatic rings. The summed E-state index contributed by atoms with van der Waals surface area (Å²) in [6, 6.07) is 24.0.